The predicted octanol–water partition coefficient (Wildman–Crippen LogP) is 3.57. The van der Waals surface area contributed by atoms with Crippen molar-refractivity contribution >= 4 is 29.0 Å². The second kappa shape index (κ2) is 7.40. The molecule has 8 nitrogen and oxygen atoms in total. The van der Waals surface area contributed by atoms with E-state index in [4.69, 9.17) is 28.1 Å². The van der Waals surface area contributed by atoms with Gasteiger partial charge < -0.3 is 16.4 Å². The molecule has 0 aromatic carbocycles. The molecule has 4 aromatic rings. The van der Waals surface area contributed by atoms with Crippen molar-refractivity contribution in [2.75, 3.05) is 23.7 Å². The third kappa shape index (κ3) is 3.01. The molecular formula is C24H25ClN8. The van der Waals surface area contributed by atoms with Crippen molar-refractivity contribution in [1.82, 2.24) is 24.3 Å². The Labute approximate surface area is 196 Å². The maximum absolute atomic E-state index is 6.73. The Hall–Kier alpha value is -3.23. The van der Waals surface area contributed by atoms with E-state index in [-0.39, 0.29) is 11.5 Å². The predicted molar refractivity (Wildman–Crippen MR) is 129 cm³/mol. The summed E-state index contributed by atoms with van der Waals surface area (Å²) in [4.78, 5) is 20.7. The fourth-order valence-corrected chi connectivity index (χ4v) is 5.76. The van der Waals surface area contributed by atoms with Crippen molar-refractivity contribution in [2.24, 2.45) is 11.1 Å². The first-order valence-corrected chi connectivity index (χ1v) is 11.5. The SMILES string of the molecule is Cc1nc(N2CCC3(CC2)Cc2ncccc2[C@H]3N)n2ccnc2c1-c1ccnc(N)c1Cl. The first-order valence-electron chi connectivity index (χ1n) is 11.2. The van der Waals surface area contributed by atoms with Gasteiger partial charge in [0.1, 0.15) is 11.5 Å². The van der Waals surface area contributed by atoms with Crippen molar-refractivity contribution in [3.63, 3.8) is 0 Å². The number of imidazole rings is 1. The Balaban J connectivity index is 1.34. The van der Waals surface area contributed by atoms with Gasteiger partial charge >= 0.3 is 0 Å². The molecule has 0 radical (unpaired) electrons. The molecule has 2 aliphatic rings. The van der Waals surface area contributed by atoms with E-state index in [1.54, 1.807) is 12.4 Å². The number of aryl methyl sites for hydroxylation is 1. The zero-order chi connectivity index (χ0) is 22.7. The highest BCUT2D eigenvalue weighted by Gasteiger charge is 2.46. The lowest BCUT2D eigenvalue weighted by molar-refractivity contribution is 0.186. The van der Waals surface area contributed by atoms with E-state index in [1.165, 1.54) is 5.56 Å². The van der Waals surface area contributed by atoms with E-state index in [1.807, 2.05) is 35.9 Å². The number of rotatable bonds is 2. The van der Waals surface area contributed by atoms with Crippen molar-refractivity contribution in [3.05, 3.63) is 65.0 Å². The minimum atomic E-state index is 0.0352. The largest absolute Gasteiger partial charge is 0.382 e. The van der Waals surface area contributed by atoms with Crippen molar-refractivity contribution in [3.8, 4) is 11.1 Å². The van der Waals surface area contributed by atoms with Gasteiger partial charge in [0.15, 0.2) is 0 Å². The van der Waals surface area contributed by atoms with E-state index in [9.17, 15) is 0 Å². The zero-order valence-electron chi connectivity index (χ0n) is 18.4. The molecule has 6 rings (SSSR count). The first-order chi connectivity index (χ1) is 16.0. The van der Waals surface area contributed by atoms with Crippen LogP contribution in [0.3, 0.4) is 0 Å². The number of aromatic nitrogens is 5. The van der Waals surface area contributed by atoms with Crippen LogP contribution in [-0.2, 0) is 6.42 Å². The van der Waals surface area contributed by atoms with Crippen LogP contribution < -0.4 is 16.4 Å². The number of nitrogen functional groups attached to an aromatic ring is 1. The molecule has 5 heterocycles. The smallest absolute Gasteiger partial charge is 0.211 e. The van der Waals surface area contributed by atoms with Gasteiger partial charge in [-0.25, -0.2) is 15.0 Å². The van der Waals surface area contributed by atoms with Crippen LogP contribution in [0.15, 0.2) is 43.0 Å². The molecule has 168 valence electrons. The molecule has 0 amide bonds. The summed E-state index contributed by atoms with van der Waals surface area (Å²) < 4.78 is 2.04. The van der Waals surface area contributed by atoms with Gasteiger partial charge in [-0.05, 0) is 49.3 Å². The fourth-order valence-electron chi connectivity index (χ4n) is 5.56. The molecular weight excluding hydrogens is 436 g/mol. The molecule has 4 aromatic heterocycles. The second-order valence-electron chi connectivity index (χ2n) is 9.09. The third-order valence-corrected chi connectivity index (χ3v) is 7.77. The summed E-state index contributed by atoms with van der Waals surface area (Å²) in [6.07, 6.45) is 10.2. The molecule has 1 fully saturated rings. The summed E-state index contributed by atoms with van der Waals surface area (Å²) in [5.41, 5.74) is 18.4. The number of fused-ring (bicyclic) bond motifs is 2. The van der Waals surface area contributed by atoms with E-state index in [2.05, 4.69) is 25.9 Å². The minimum absolute atomic E-state index is 0.0352. The summed E-state index contributed by atoms with van der Waals surface area (Å²) in [6, 6.07) is 6.01. The van der Waals surface area contributed by atoms with Crippen LogP contribution >= 0.6 is 11.6 Å². The maximum Gasteiger partial charge on any atom is 0.211 e. The highest BCUT2D eigenvalue weighted by molar-refractivity contribution is 6.35. The molecule has 1 aliphatic heterocycles. The number of halogens is 1. The van der Waals surface area contributed by atoms with Gasteiger partial charge in [0.2, 0.25) is 5.95 Å². The van der Waals surface area contributed by atoms with Crippen LogP contribution in [0.5, 0.6) is 0 Å². The van der Waals surface area contributed by atoms with E-state index in [0.717, 1.165) is 66.5 Å². The number of nitrogens with two attached hydrogens (primary N) is 2. The molecule has 4 N–H and O–H groups in total. The minimum Gasteiger partial charge on any atom is -0.382 e. The standard InChI is InChI=1S/C24H25ClN8/c1-14-18(16-4-8-29-21(27)19(16)25)22-30-9-12-33(22)23(31-14)32-10-5-24(6-11-32)13-17-15(20(24)26)3-2-7-28-17/h2-4,7-9,12,20H,5-6,10-11,13,26H2,1H3,(H2,27,29)/t20-/m1/s1. The van der Waals surface area contributed by atoms with Crippen LogP contribution in [0.2, 0.25) is 5.02 Å². The Morgan fingerprint density at radius 3 is 2.70 bits per heavy atom. The van der Waals surface area contributed by atoms with E-state index < -0.39 is 0 Å². The topological polar surface area (TPSA) is 111 Å². The summed E-state index contributed by atoms with van der Waals surface area (Å²) in [5.74, 6) is 1.19. The number of nitrogens with zero attached hydrogens (tertiary/aromatic N) is 6. The van der Waals surface area contributed by atoms with Crippen LogP contribution in [0.25, 0.3) is 16.8 Å². The maximum atomic E-state index is 6.73. The monoisotopic (exact) mass is 460 g/mol. The normalized spacial score (nSPS) is 19.4. The Kier molecular flexibility index (Phi) is 4.57. The molecule has 0 unspecified atom stereocenters. The molecule has 0 saturated carbocycles. The van der Waals surface area contributed by atoms with Crippen molar-refractivity contribution in [2.45, 2.75) is 32.2 Å². The quantitative estimate of drug-likeness (QED) is 0.470. The van der Waals surface area contributed by atoms with Gasteiger partial charge in [0, 0.05) is 60.7 Å². The fraction of sp³-hybridized carbons (Fsp3) is 0.333. The van der Waals surface area contributed by atoms with E-state index in [0.29, 0.717) is 10.8 Å². The number of anilines is 2. The third-order valence-electron chi connectivity index (χ3n) is 7.38. The highest BCUT2D eigenvalue weighted by Crippen LogP contribution is 2.50. The molecule has 9 heteroatoms. The molecule has 1 atom stereocenters. The van der Waals surface area contributed by atoms with E-state index >= 15 is 0 Å². The lowest BCUT2D eigenvalue weighted by Crippen LogP contribution is -2.45. The molecule has 1 aliphatic carbocycles. The van der Waals surface area contributed by atoms with Gasteiger partial charge in [-0.2, -0.15) is 0 Å². The Morgan fingerprint density at radius 2 is 1.91 bits per heavy atom. The lowest BCUT2D eigenvalue weighted by Gasteiger charge is -2.42. The summed E-state index contributed by atoms with van der Waals surface area (Å²) in [6.45, 7) is 3.74. The Morgan fingerprint density at radius 1 is 1.09 bits per heavy atom. The zero-order valence-corrected chi connectivity index (χ0v) is 19.1. The van der Waals surface area contributed by atoms with Gasteiger partial charge in [-0.15, -0.1) is 0 Å². The lowest BCUT2D eigenvalue weighted by atomic mass is 9.73. The van der Waals surface area contributed by atoms with Crippen molar-refractivity contribution < 1.29 is 0 Å². The molecule has 1 saturated heterocycles. The molecule has 1 spiro atoms. The summed E-state index contributed by atoms with van der Waals surface area (Å²) in [5, 5.41) is 0.420. The average Bonchev–Trinajstić information content (AvgIpc) is 3.40. The number of hydrogen-bond acceptors (Lipinski definition) is 7. The number of piperidine rings is 1. The van der Waals surface area contributed by atoms with Crippen LogP contribution in [0.4, 0.5) is 11.8 Å². The van der Waals surface area contributed by atoms with Gasteiger partial charge in [-0.1, -0.05) is 17.7 Å². The number of pyridine rings is 2. The average molecular weight is 461 g/mol. The van der Waals surface area contributed by atoms with Crippen LogP contribution in [-0.4, -0.2) is 37.4 Å². The summed E-state index contributed by atoms with van der Waals surface area (Å²) in [7, 11) is 0. The molecule has 33 heavy (non-hydrogen) atoms. The number of hydrogen-bond donors (Lipinski definition) is 2. The van der Waals surface area contributed by atoms with Crippen molar-refractivity contribution in [1.29, 1.82) is 0 Å². The van der Waals surface area contributed by atoms with Gasteiger partial charge in [0.25, 0.3) is 0 Å². The Bertz CT molecular complexity index is 1370. The highest BCUT2D eigenvalue weighted by atomic mass is 35.5. The first kappa shape index (κ1) is 20.4. The van der Waals surface area contributed by atoms with Gasteiger partial charge in [0.05, 0.1) is 10.7 Å². The second-order valence-corrected chi connectivity index (χ2v) is 9.47. The summed E-state index contributed by atoms with van der Waals surface area (Å²) >= 11 is 6.50. The van der Waals surface area contributed by atoms with Gasteiger partial charge in [-0.3, -0.25) is 9.38 Å². The molecule has 0 bridgehead atoms. The van der Waals surface area contributed by atoms with Crippen LogP contribution in [0, 0.1) is 12.3 Å². The van der Waals surface area contributed by atoms with Crippen LogP contribution in [0.1, 0.15) is 35.8 Å².